The number of methoxy groups -OCH3 is 1. The highest BCUT2D eigenvalue weighted by Gasteiger charge is 2.20. The average Bonchev–Trinajstić information content (AvgIpc) is 2.90. The van der Waals surface area contributed by atoms with Gasteiger partial charge >= 0.3 is 0 Å². The maximum absolute atomic E-state index is 13.4. The highest BCUT2D eigenvalue weighted by Crippen LogP contribution is 2.41. The standard InChI is InChI=1S/C23H19FN2O2S/c1-28-13-12-25-23(27)16-8-11-21-19(14-16)26-22(15-6-9-17(24)10-7-15)18-4-2-3-5-20(18)29-21/h2-11,14H,12-13H2,1H3,(H,25,27). The fraction of sp³-hybridized carbons (Fsp3) is 0.130. The number of fused-ring (bicyclic) bond motifs is 2. The molecule has 29 heavy (non-hydrogen) atoms. The molecule has 0 atom stereocenters. The van der Waals surface area contributed by atoms with Crippen molar-refractivity contribution >= 4 is 29.1 Å². The number of halogens is 1. The van der Waals surface area contributed by atoms with Crippen LogP contribution >= 0.6 is 11.8 Å². The first-order valence-corrected chi connectivity index (χ1v) is 10.0. The third kappa shape index (κ3) is 4.23. The predicted octanol–water partition coefficient (Wildman–Crippen LogP) is 4.84. The van der Waals surface area contributed by atoms with Crippen LogP contribution in [0.1, 0.15) is 21.5 Å². The summed E-state index contributed by atoms with van der Waals surface area (Å²) in [5, 5.41) is 2.83. The van der Waals surface area contributed by atoms with Gasteiger partial charge in [0, 0.05) is 40.1 Å². The summed E-state index contributed by atoms with van der Waals surface area (Å²) >= 11 is 1.61. The molecule has 0 fully saturated rings. The van der Waals surface area contributed by atoms with Crippen molar-refractivity contribution < 1.29 is 13.9 Å². The van der Waals surface area contributed by atoms with Gasteiger partial charge in [0.05, 0.1) is 18.0 Å². The van der Waals surface area contributed by atoms with Gasteiger partial charge in [-0.05, 0) is 48.5 Å². The summed E-state index contributed by atoms with van der Waals surface area (Å²) in [6.07, 6.45) is 0. The monoisotopic (exact) mass is 406 g/mol. The van der Waals surface area contributed by atoms with Gasteiger partial charge in [0.15, 0.2) is 0 Å². The molecule has 1 heterocycles. The summed E-state index contributed by atoms with van der Waals surface area (Å²) in [6, 6.07) is 19.8. The fourth-order valence-electron chi connectivity index (χ4n) is 3.08. The summed E-state index contributed by atoms with van der Waals surface area (Å²) in [6.45, 7) is 0.894. The zero-order valence-corrected chi connectivity index (χ0v) is 16.6. The molecule has 4 nitrogen and oxygen atoms in total. The second kappa shape index (κ2) is 8.59. The van der Waals surface area contributed by atoms with E-state index in [0.29, 0.717) is 24.4 Å². The smallest absolute Gasteiger partial charge is 0.251 e. The first-order chi connectivity index (χ1) is 14.2. The zero-order chi connectivity index (χ0) is 20.2. The molecule has 0 saturated carbocycles. The molecule has 3 aromatic rings. The number of benzene rings is 3. The third-order valence-corrected chi connectivity index (χ3v) is 5.67. The molecule has 146 valence electrons. The fourth-order valence-corrected chi connectivity index (χ4v) is 4.08. The van der Waals surface area contributed by atoms with Crippen molar-refractivity contribution in [3.05, 3.63) is 89.2 Å². The summed E-state index contributed by atoms with van der Waals surface area (Å²) in [5.41, 5.74) is 3.80. The molecule has 1 amide bonds. The van der Waals surface area contributed by atoms with Crippen LogP contribution in [0.4, 0.5) is 10.1 Å². The lowest BCUT2D eigenvalue weighted by Gasteiger charge is -2.08. The van der Waals surface area contributed by atoms with E-state index >= 15 is 0 Å². The number of ether oxygens (including phenoxy) is 1. The highest BCUT2D eigenvalue weighted by atomic mass is 32.2. The maximum Gasteiger partial charge on any atom is 0.251 e. The maximum atomic E-state index is 13.4. The van der Waals surface area contributed by atoms with E-state index in [1.807, 2.05) is 30.3 Å². The second-order valence-electron chi connectivity index (χ2n) is 6.50. The number of aliphatic imine (C=N–C) groups is 1. The van der Waals surface area contributed by atoms with Crippen molar-refractivity contribution in [3.8, 4) is 0 Å². The first kappa shape index (κ1) is 19.4. The molecule has 1 aliphatic rings. The Kier molecular flexibility index (Phi) is 5.74. The number of hydrogen-bond donors (Lipinski definition) is 1. The molecule has 0 radical (unpaired) electrons. The van der Waals surface area contributed by atoms with Crippen LogP contribution in [0, 0.1) is 5.82 Å². The van der Waals surface area contributed by atoms with Crippen molar-refractivity contribution in [2.24, 2.45) is 4.99 Å². The summed E-state index contributed by atoms with van der Waals surface area (Å²) < 4.78 is 18.4. The molecule has 4 rings (SSSR count). The molecule has 0 spiro atoms. The van der Waals surface area contributed by atoms with Gasteiger partial charge in [0.25, 0.3) is 5.91 Å². The molecule has 3 aromatic carbocycles. The van der Waals surface area contributed by atoms with Crippen molar-refractivity contribution in [1.29, 1.82) is 0 Å². The number of nitrogens with one attached hydrogen (secondary N) is 1. The molecule has 0 aromatic heterocycles. The summed E-state index contributed by atoms with van der Waals surface area (Å²) in [7, 11) is 1.59. The first-order valence-electron chi connectivity index (χ1n) is 9.19. The van der Waals surface area contributed by atoms with Gasteiger partial charge in [-0.2, -0.15) is 0 Å². The number of hydrogen-bond acceptors (Lipinski definition) is 4. The van der Waals surface area contributed by atoms with E-state index in [4.69, 9.17) is 9.73 Å². The number of rotatable bonds is 5. The Labute approximate surface area is 172 Å². The van der Waals surface area contributed by atoms with Crippen molar-refractivity contribution in [2.75, 3.05) is 20.3 Å². The minimum atomic E-state index is -0.291. The van der Waals surface area contributed by atoms with Gasteiger partial charge in [-0.3, -0.25) is 4.79 Å². The normalized spacial score (nSPS) is 12.4. The van der Waals surface area contributed by atoms with E-state index < -0.39 is 0 Å². The van der Waals surface area contributed by atoms with Crippen molar-refractivity contribution in [1.82, 2.24) is 5.32 Å². The number of carbonyl (C=O) groups is 1. The van der Waals surface area contributed by atoms with Gasteiger partial charge in [0.1, 0.15) is 5.82 Å². The Hall–Kier alpha value is -2.96. The topological polar surface area (TPSA) is 50.7 Å². The lowest BCUT2D eigenvalue weighted by Crippen LogP contribution is -2.26. The minimum Gasteiger partial charge on any atom is -0.383 e. The molecule has 1 N–H and O–H groups in total. The molecular formula is C23H19FN2O2S. The summed E-state index contributed by atoms with van der Waals surface area (Å²) in [4.78, 5) is 19.3. The lowest BCUT2D eigenvalue weighted by atomic mass is 10.0. The highest BCUT2D eigenvalue weighted by molar-refractivity contribution is 7.99. The molecule has 1 aliphatic heterocycles. The largest absolute Gasteiger partial charge is 0.383 e. The van der Waals surface area contributed by atoms with Crippen LogP contribution in [0.2, 0.25) is 0 Å². The minimum absolute atomic E-state index is 0.171. The Morgan fingerprint density at radius 2 is 1.86 bits per heavy atom. The summed E-state index contributed by atoms with van der Waals surface area (Å²) in [5.74, 6) is -0.462. The van der Waals surface area contributed by atoms with Gasteiger partial charge in [-0.15, -0.1) is 0 Å². The van der Waals surface area contributed by atoms with Gasteiger partial charge < -0.3 is 10.1 Å². The van der Waals surface area contributed by atoms with E-state index in [1.54, 1.807) is 43.1 Å². The van der Waals surface area contributed by atoms with Crippen molar-refractivity contribution in [2.45, 2.75) is 9.79 Å². The third-order valence-electron chi connectivity index (χ3n) is 4.52. The van der Waals surface area contributed by atoms with E-state index in [-0.39, 0.29) is 11.7 Å². The predicted molar refractivity (Wildman–Crippen MR) is 113 cm³/mol. The average molecular weight is 406 g/mol. The Bertz CT molecular complexity index is 1080. The van der Waals surface area contributed by atoms with Gasteiger partial charge in [0.2, 0.25) is 0 Å². The molecule has 6 heteroatoms. The zero-order valence-electron chi connectivity index (χ0n) is 15.8. The van der Waals surface area contributed by atoms with Gasteiger partial charge in [-0.25, -0.2) is 9.38 Å². The van der Waals surface area contributed by atoms with Crippen LogP contribution in [0.25, 0.3) is 0 Å². The van der Waals surface area contributed by atoms with Crippen LogP contribution in [0.5, 0.6) is 0 Å². The van der Waals surface area contributed by atoms with Crippen molar-refractivity contribution in [3.63, 3.8) is 0 Å². The van der Waals surface area contributed by atoms with Crippen LogP contribution in [0.15, 0.2) is 81.5 Å². The van der Waals surface area contributed by atoms with Crippen LogP contribution in [-0.2, 0) is 4.74 Å². The molecule has 0 unspecified atom stereocenters. The number of amides is 1. The quantitative estimate of drug-likeness (QED) is 0.483. The van der Waals surface area contributed by atoms with Crippen LogP contribution in [-0.4, -0.2) is 31.9 Å². The Morgan fingerprint density at radius 1 is 1.07 bits per heavy atom. The SMILES string of the molecule is COCCNC(=O)c1ccc2c(c1)N=C(c1ccc(F)cc1)c1ccccc1S2. The number of nitrogens with zero attached hydrogens (tertiary/aromatic N) is 1. The van der Waals surface area contributed by atoms with Crippen LogP contribution < -0.4 is 5.32 Å². The van der Waals surface area contributed by atoms with Crippen LogP contribution in [0.3, 0.4) is 0 Å². The second-order valence-corrected chi connectivity index (χ2v) is 7.58. The lowest BCUT2D eigenvalue weighted by molar-refractivity contribution is 0.0937. The number of carbonyl (C=O) groups excluding carboxylic acids is 1. The Morgan fingerprint density at radius 3 is 2.66 bits per heavy atom. The van der Waals surface area contributed by atoms with E-state index in [9.17, 15) is 9.18 Å². The Balaban J connectivity index is 1.78. The molecular weight excluding hydrogens is 387 g/mol. The van der Waals surface area contributed by atoms with E-state index in [2.05, 4.69) is 5.32 Å². The molecule has 0 aliphatic carbocycles. The van der Waals surface area contributed by atoms with E-state index in [0.717, 1.165) is 26.6 Å². The molecule has 0 bridgehead atoms. The van der Waals surface area contributed by atoms with E-state index in [1.165, 1.54) is 12.1 Å². The molecule has 0 saturated heterocycles. The van der Waals surface area contributed by atoms with Gasteiger partial charge in [-0.1, -0.05) is 30.0 Å².